The topological polar surface area (TPSA) is 66.9 Å². The monoisotopic (exact) mass is 394 g/mol. The number of aromatic nitrogens is 2. The average Bonchev–Trinajstić information content (AvgIpc) is 2.79. The Labute approximate surface area is 175 Å². The van der Waals surface area contributed by atoms with E-state index in [1.165, 1.54) is 5.56 Å². The first-order valence-corrected chi connectivity index (χ1v) is 9.76. The van der Waals surface area contributed by atoms with E-state index in [9.17, 15) is 4.79 Å². The molecule has 1 heterocycles. The zero-order valence-corrected chi connectivity index (χ0v) is 16.7. The number of hydrogen-bond acceptors (Lipinski definition) is 4. The van der Waals surface area contributed by atoms with E-state index in [1.807, 2.05) is 42.5 Å². The molecule has 0 aliphatic carbocycles. The third-order valence-corrected chi connectivity index (χ3v) is 4.71. The molecule has 3 aromatic carbocycles. The average molecular weight is 394 g/mol. The lowest BCUT2D eigenvalue weighted by Gasteiger charge is -2.09. The van der Waals surface area contributed by atoms with E-state index in [1.54, 1.807) is 24.5 Å². The number of carbonyl (C=O) groups excluding carboxylic acids is 1. The van der Waals surface area contributed by atoms with Gasteiger partial charge < -0.3 is 10.6 Å². The van der Waals surface area contributed by atoms with Gasteiger partial charge >= 0.3 is 0 Å². The molecule has 0 radical (unpaired) electrons. The first kappa shape index (κ1) is 19.3. The van der Waals surface area contributed by atoms with Crippen LogP contribution in [0.3, 0.4) is 0 Å². The summed E-state index contributed by atoms with van der Waals surface area (Å²) in [6, 6.07) is 25.4. The number of anilines is 2. The van der Waals surface area contributed by atoms with Crippen molar-refractivity contribution in [3.05, 3.63) is 108 Å². The number of nitrogens with zero attached hydrogens (tertiary/aromatic N) is 2. The van der Waals surface area contributed by atoms with E-state index in [4.69, 9.17) is 0 Å². The summed E-state index contributed by atoms with van der Waals surface area (Å²) in [5.74, 6) is 0.353. The smallest absolute Gasteiger partial charge is 0.251 e. The third-order valence-electron chi connectivity index (χ3n) is 4.71. The van der Waals surface area contributed by atoms with E-state index < -0.39 is 0 Å². The summed E-state index contributed by atoms with van der Waals surface area (Å²) in [6.45, 7) is 2.55. The van der Waals surface area contributed by atoms with Crippen LogP contribution in [0.5, 0.6) is 0 Å². The highest BCUT2D eigenvalue weighted by Gasteiger charge is 2.07. The predicted molar refractivity (Wildman–Crippen MR) is 120 cm³/mol. The highest BCUT2D eigenvalue weighted by Crippen LogP contribution is 2.20. The molecule has 0 aliphatic rings. The second-order valence-electron chi connectivity index (χ2n) is 7.04. The van der Waals surface area contributed by atoms with E-state index in [0.717, 1.165) is 22.4 Å². The molecule has 0 saturated heterocycles. The Kier molecular flexibility index (Phi) is 5.80. The van der Waals surface area contributed by atoms with E-state index in [0.29, 0.717) is 18.1 Å². The Balaban J connectivity index is 1.41. The van der Waals surface area contributed by atoms with Crippen molar-refractivity contribution in [2.75, 3.05) is 5.32 Å². The van der Waals surface area contributed by atoms with Gasteiger partial charge in [0, 0.05) is 35.8 Å². The molecule has 5 nitrogen and oxygen atoms in total. The zero-order valence-electron chi connectivity index (χ0n) is 16.7. The number of aryl methyl sites for hydroxylation is 1. The van der Waals surface area contributed by atoms with Crippen LogP contribution in [-0.4, -0.2) is 15.9 Å². The Bertz CT molecular complexity index is 1120. The van der Waals surface area contributed by atoms with Gasteiger partial charge in [-0.1, -0.05) is 66.2 Å². The lowest BCUT2D eigenvalue weighted by atomic mass is 10.1. The quantitative estimate of drug-likeness (QED) is 0.476. The van der Waals surface area contributed by atoms with Crippen LogP contribution >= 0.6 is 0 Å². The Hall–Kier alpha value is -3.99. The Morgan fingerprint density at radius 1 is 0.833 bits per heavy atom. The summed E-state index contributed by atoms with van der Waals surface area (Å²) in [5.41, 5.74) is 5.63. The molecule has 148 valence electrons. The van der Waals surface area contributed by atoms with Crippen LogP contribution in [0.2, 0.25) is 0 Å². The van der Waals surface area contributed by atoms with Gasteiger partial charge in [0.25, 0.3) is 5.91 Å². The van der Waals surface area contributed by atoms with Gasteiger partial charge in [0.05, 0.1) is 0 Å². The number of amides is 1. The van der Waals surface area contributed by atoms with Gasteiger partial charge in [-0.25, -0.2) is 9.97 Å². The molecule has 1 aromatic heterocycles. The van der Waals surface area contributed by atoms with Crippen molar-refractivity contribution < 1.29 is 4.79 Å². The fourth-order valence-electron chi connectivity index (χ4n) is 3.04. The number of benzene rings is 3. The largest absolute Gasteiger partial charge is 0.348 e. The maximum absolute atomic E-state index is 12.5. The van der Waals surface area contributed by atoms with E-state index in [-0.39, 0.29) is 5.91 Å². The molecule has 0 bridgehead atoms. The maximum atomic E-state index is 12.5. The van der Waals surface area contributed by atoms with E-state index in [2.05, 4.69) is 51.8 Å². The van der Waals surface area contributed by atoms with Crippen molar-refractivity contribution in [1.82, 2.24) is 15.3 Å². The molecule has 1 amide bonds. The minimum absolute atomic E-state index is 0.127. The minimum Gasteiger partial charge on any atom is -0.348 e. The maximum Gasteiger partial charge on any atom is 0.251 e. The zero-order chi connectivity index (χ0) is 20.8. The second kappa shape index (κ2) is 9.01. The first-order chi connectivity index (χ1) is 14.7. The van der Waals surface area contributed by atoms with Crippen molar-refractivity contribution >= 4 is 17.5 Å². The van der Waals surface area contributed by atoms with Gasteiger partial charge in [0.1, 0.15) is 0 Å². The highest BCUT2D eigenvalue weighted by molar-refractivity contribution is 5.95. The molecule has 30 heavy (non-hydrogen) atoms. The van der Waals surface area contributed by atoms with Crippen molar-refractivity contribution in [2.45, 2.75) is 13.5 Å². The second-order valence-corrected chi connectivity index (χ2v) is 7.04. The molecule has 0 spiro atoms. The summed E-state index contributed by atoms with van der Waals surface area (Å²) in [7, 11) is 0. The molecule has 2 N–H and O–H groups in total. The summed E-state index contributed by atoms with van der Waals surface area (Å²) < 4.78 is 0. The van der Waals surface area contributed by atoms with Crippen molar-refractivity contribution in [1.29, 1.82) is 0 Å². The standard InChI is InChI=1S/C25H22N4O/c1-18-10-12-20(13-11-18)22-16-27-25(28-17-22)29-23-9-5-8-21(14-23)24(30)26-15-19-6-3-2-4-7-19/h2-14,16-17H,15H2,1H3,(H,26,30)(H,27,28,29). The van der Waals surface area contributed by atoms with Gasteiger partial charge in [-0.2, -0.15) is 0 Å². The Morgan fingerprint density at radius 2 is 1.57 bits per heavy atom. The molecule has 5 heteroatoms. The lowest BCUT2D eigenvalue weighted by molar-refractivity contribution is 0.0951. The SMILES string of the molecule is Cc1ccc(-c2cnc(Nc3cccc(C(=O)NCc4ccccc4)c3)nc2)cc1. The van der Waals surface area contributed by atoms with Gasteiger partial charge in [-0.15, -0.1) is 0 Å². The highest BCUT2D eigenvalue weighted by atomic mass is 16.1. The van der Waals surface area contributed by atoms with Crippen LogP contribution in [0.25, 0.3) is 11.1 Å². The van der Waals surface area contributed by atoms with Crippen LogP contribution < -0.4 is 10.6 Å². The molecule has 0 unspecified atom stereocenters. The van der Waals surface area contributed by atoms with Crippen LogP contribution in [0.15, 0.2) is 91.3 Å². The van der Waals surface area contributed by atoms with Gasteiger partial charge in [-0.05, 0) is 36.2 Å². The minimum atomic E-state index is -0.127. The summed E-state index contributed by atoms with van der Waals surface area (Å²) >= 11 is 0. The molecular weight excluding hydrogens is 372 g/mol. The van der Waals surface area contributed by atoms with E-state index >= 15 is 0 Å². The van der Waals surface area contributed by atoms with Crippen molar-refractivity contribution in [3.63, 3.8) is 0 Å². The van der Waals surface area contributed by atoms with Gasteiger partial charge in [0.15, 0.2) is 0 Å². The third kappa shape index (κ3) is 4.89. The van der Waals surface area contributed by atoms with Gasteiger partial charge in [-0.3, -0.25) is 4.79 Å². The summed E-state index contributed by atoms with van der Waals surface area (Å²) in [4.78, 5) is 21.3. The molecule has 0 atom stereocenters. The molecular formula is C25H22N4O. The molecule has 0 fully saturated rings. The number of hydrogen-bond donors (Lipinski definition) is 2. The van der Waals surface area contributed by atoms with Crippen molar-refractivity contribution in [2.24, 2.45) is 0 Å². The summed E-state index contributed by atoms with van der Waals surface area (Å²) in [6.07, 6.45) is 3.58. The van der Waals surface area contributed by atoms with Crippen LogP contribution in [0.1, 0.15) is 21.5 Å². The van der Waals surface area contributed by atoms with Crippen LogP contribution in [0, 0.1) is 6.92 Å². The molecule has 4 aromatic rings. The lowest BCUT2D eigenvalue weighted by Crippen LogP contribution is -2.22. The fourth-order valence-corrected chi connectivity index (χ4v) is 3.04. The van der Waals surface area contributed by atoms with Gasteiger partial charge in [0.2, 0.25) is 5.95 Å². The number of nitrogens with one attached hydrogen (secondary N) is 2. The van der Waals surface area contributed by atoms with Crippen LogP contribution in [-0.2, 0) is 6.54 Å². The number of carbonyl (C=O) groups is 1. The normalized spacial score (nSPS) is 10.4. The molecule has 0 aliphatic heterocycles. The predicted octanol–water partition coefficient (Wildman–Crippen LogP) is 5.13. The first-order valence-electron chi connectivity index (χ1n) is 9.76. The fraction of sp³-hybridized carbons (Fsp3) is 0.0800. The van der Waals surface area contributed by atoms with Crippen molar-refractivity contribution in [3.8, 4) is 11.1 Å². The Morgan fingerprint density at radius 3 is 2.30 bits per heavy atom. The summed E-state index contributed by atoms with van der Waals surface area (Å²) in [5, 5.41) is 6.10. The molecule has 0 saturated carbocycles. The number of rotatable bonds is 6. The molecule has 4 rings (SSSR count). The van der Waals surface area contributed by atoms with Crippen LogP contribution in [0.4, 0.5) is 11.6 Å².